The number of nitrogens with zero attached hydrogens (tertiary/aromatic N) is 1. The monoisotopic (exact) mass is 259 g/mol. The standard InChI is InChI=1S/C12H18ClNOS/c1-3-7-14(8-4-2)9-10(15)11-5-6-12(13)16-11/h5-6H,3-4,7-9H2,1-2H3. The van der Waals surface area contributed by atoms with Crippen LogP contribution in [0.3, 0.4) is 0 Å². The maximum atomic E-state index is 11.9. The molecule has 0 N–H and O–H groups in total. The van der Waals surface area contributed by atoms with Crippen molar-refractivity contribution in [3.63, 3.8) is 0 Å². The van der Waals surface area contributed by atoms with Crippen LogP contribution in [0.25, 0.3) is 0 Å². The molecule has 2 nitrogen and oxygen atoms in total. The van der Waals surface area contributed by atoms with E-state index in [1.54, 1.807) is 6.07 Å². The highest BCUT2D eigenvalue weighted by Crippen LogP contribution is 2.21. The first-order valence-corrected chi connectivity index (χ1v) is 6.87. The van der Waals surface area contributed by atoms with Gasteiger partial charge in [0.05, 0.1) is 15.8 Å². The van der Waals surface area contributed by atoms with Crippen LogP contribution < -0.4 is 0 Å². The molecule has 1 aromatic heterocycles. The number of Topliss-reactive ketones (excluding diaryl/α,β-unsaturated/α-hetero) is 1. The maximum absolute atomic E-state index is 11.9. The van der Waals surface area contributed by atoms with E-state index in [1.165, 1.54) is 11.3 Å². The molecule has 0 aliphatic heterocycles. The summed E-state index contributed by atoms with van der Waals surface area (Å²) in [4.78, 5) is 14.9. The molecule has 0 spiro atoms. The first kappa shape index (κ1) is 13.7. The zero-order valence-corrected chi connectivity index (χ0v) is 11.4. The molecule has 0 radical (unpaired) electrons. The summed E-state index contributed by atoms with van der Waals surface area (Å²) in [5.41, 5.74) is 0. The summed E-state index contributed by atoms with van der Waals surface area (Å²) in [6.07, 6.45) is 2.16. The van der Waals surface area contributed by atoms with Crippen molar-refractivity contribution in [2.24, 2.45) is 0 Å². The van der Waals surface area contributed by atoms with Crippen molar-refractivity contribution in [1.29, 1.82) is 0 Å². The molecule has 0 atom stereocenters. The lowest BCUT2D eigenvalue weighted by Gasteiger charge is -2.19. The van der Waals surface area contributed by atoms with Crippen LogP contribution in [0.1, 0.15) is 36.4 Å². The zero-order chi connectivity index (χ0) is 12.0. The molecule has 16 heavy (non-hydrogen) atoms. The van der Waals surface area contributed by atoms with Gasteiger partial charge in [-0.25, -0.2) is 0 Å². The lowest BCUT2D eigenvalue weighted by molar-refractivity contribution is 0.0934. The second-order valence-corrected chi connectivity index (χ2v) is 5.52. The molecule has 1 heterocycles. The highest BCUT2D eigenvalue weighted by molar-refractivity contribution is 7.18. The Labute approximate surface area is 106 Å². The van der Waals surface area contributed by atoms with Crippen LogP contribution in [0.2, 0.25) is 4.34 Å². The molecule has 90 valence electrons. The van der Waals surface area contributed by atoms with Crippen LogP contribution in [0, 0.1) is 0 Å². The Morgan fingerprint density at radius 3 is 2.38 bits per heavy atom. The van der Waals surface area contributed by atoms with Gasteiger partial charge in [-0.3, -0.25) is 9.69 Å². The van der Waals surface area contributed by atoms with Crippen molar-refractivity contribution in [2.75, 3.05) is 19.6 Å². The van der Waals surface area contributed by atoms with Gasteiger partial charge >= 0.3 is 0 Å². The number of halogens is 1. The van der Waals surface area contributed by atoms with E-state index in [-0.39, 0.29) is 5.78 Å². The molecule has 0 aliphatic rings. The van der Waals surface area contributed by atoms with E-state index < -0.39 is 0 Å². The van der Waals surface area contributed by atoms with Gasteiger partial charge < -0.3 is 0 Å². The number of hydrogen-bond acceptors (Lipinski definition) is 3. The average Bonchev–Trinajstić information content (AvgIpc) is 2.65. The minimum Gasteiger partial charge on any atom is -0.296 e. The lowest BCUT2D eigenvalue weighted by Crippen LogP contribution is -2.31. The Morgan fingerprint density at radius 1 is 1.31 bits per heavy atom. The number of thiophene rings is 1. The first-order valence-electron chi connectivity index (χ1n) is 5.68. The van der Waals surface area contributed by atoms with E-state index >= 15 is 0 Å². The SMILES string of the molecule is CCCN(CCC)CC(=O)c1ccc(Cl)s1. The highest BCUT2D eigenvalue weighted by atomic mass is 35.5. The van der Waals surface area contributed by atoms with E-state index in [2.05, 4.69) is 18.7 Å². The summed E-state index contributed by atoms with van der Waals surface area (Å²) in [5.74, 6) is 0.179. The first-order chi connectivity index (χ1) is 7.67. The van der Waals surface area contributed by atoms with E-state index in [4.69, 9.17) is 11.6 Å². The summed E-state index contributed by atoms with van der Waals surface area (Å²) in [6.45, 7) is 6.75. The molecule has 1 rings (SSSR count). The van der Waals surface area contributed by atoms with Crippen LogP contribution in [0.5, 0.6) is 0 Å². The third kappa shape index (κ3) is 4.24. The molecule has 0 unspecified atom stereocenters. The van der Waals surface area contributed by atoms with Crippen molar-refractivity contribution >= 4 is 28.7 Å². The van der Waals surface area contributed by atoms with Crippen LogP contribution in [0.15, 0.2) is 12.1 Å². The molecule has 1 aromatic rings. The number of carbonyl (C=O) groups is 1. The van der Waals surface area contributed by atoms with Crippen molar-refractivity contribution in [2.45, 2.75) is 26.7 Å². The molecule has 0 saturated heterocycles. The molecule has 0 aliphatic carbocycles. The Hall–Kier alpha value is -0.380. The Morgan fingerprint density at radius 2 is 1.94 bits per heavy atom. The Balaban J connectivity index is 2.54. The van der Waals surface area contributed by atoms with E-state index in [0.717, 1.165) is 30.8 Å². The van der Waals surface area contributed by atoms with Gasteiger partial charge in [0, 0.05) is 0 Å². The number of carbonyl (C=O) groups excluding carboxylic acids is 1. The highest BCUT2D eigenvalue weighted by Gasteiger charge is 2.13. The second-order valence-electron chi connectivity index (χ2n) is 3.80. The van der Waals surface area contributed by atoms with Gasteiger partial charge in [0.1, 0.15) is 0 Å². The van der Waals surface area contributed by atoms with E-state index in [1.807, 2.05) is 6.07 Å². The number of hydrogen-bond donors (Lipinski definition) is 0. The quantitative estimate of drug-likeness (QED) is 0.696. The second kappa shape index (κ2) is 7.05. The van der Waals surface area contributed by atoms with E-state index in [0.29, 0.717) is 10.9 Å². The summed E-state index contributed by atoms with van der Waals surface area (Å²) in [5, 5.41) is 0. The van der Waals surface area contributed by atoms with Crippen LogP contribution in [-0.2, 0) is 0 Å². The van der Waals surface area contributed by atoms with Gasteiger partial charge in [0.2, 0.25) is 0 Å². The molecule has 0 amide bonds. The van der Waals surface area contributed by atoms with Crippen molar-refractivity contribution in [3.8, 4) is 0 Å². The largest absolute Gasteiger partial charge is 0.296 e. The predicted molar refractivity (Wildman–Crippen MR) is 70.7 cm³/mol. The van der Waals surface area contributed by atoms with Crippen LogP contribution >= 0.6 is 22.9 Å². The minimum atomic E-state index is 0.179. The molecule has 0 aromatic carbocycles. The van der Waals surface area contributed by atoms with Crippen molar-refractivity contribution in [3.05, 3.63) is 21.3 Å². The van der Waals surface area contributed by atoms with Gasteiger partial charge in [0.15, 0.2) is 5.78 Å². The fraction of sp³-hybridized carbons (Fsp3) is 0.583. The average molecular weight is 260 g/mol. The predicted octanol–water partition coefficient (Wildman–Crippen LogP) is 3.71. The van der Waals surface area contributed by atoms with E-state index in [9.17, 15) is 4.79 Å². The Kier molecular flexibility index (Phi) is 6.03. The minimum absolute atomic E-state index is 0.179. The molecule has 0 fully saturated rings. The third-order valence-corrected chi connectivity index (χ3v) is 3.57. The van der Waals surface area contributed by atoms with Crippen LogP contribution in [0.4, 0.5) is 0 Å². The van der Waals surface area contributed by atoms with Crippen LogP contribution in [-0.4, -0.2) is 30.3 Å². The smallest absolute Gasteiger partial charge is 0.186 e. The van der Waals surface area contributed by atoms with Gasteiger partial charge in [-0.15, -0.1) is 11.3 Å². The van der Waals surface area contributed by atoms with Gasteiger partial charge in [-0.1, -0.05) is 25.4 Å². The molecule has 0 bridgehead atoms. The summed E-state index contributed by atoms with van der Waals surface area (Å²) < 4.78 is 0.681. The lowest BCUT2D eigenvalue weighted by atomic mass is 10.2. The molecule has 4 heteroatoms. The van der Waals surface area contributed by atoms with Crippen molar-refractivity contribution in [1.82, 2.24) is 4.90 Å². The number of rotatable bonds is 7. The molecule has 0 saturated carbocycles. The maximum Gasteiger partial charge on any atom is 0.186 e. The normalized spacial score (nSPS) is 11.0. The van der Waals surface area contributed by atoms with Gasteiger partial charge in [0.25, 0.3) is 0 Å². The Bertz CT molecular complexity index is 332. The third-order valence-electron chi connectivity index (χ3n) is 2.29. The summed E-state index contributed by atoms with van der Waals surface area (Å²) in [7, 11) is 0. The van der Waals surface area contributed by atoms with Gasteiger partial charge in [-0.2, -0.15) is 0 Å². The van der Waals surface area contributed by atoms with Gasteiger partial charge in [-0.05, 0) is 38.1 Å². The molecular weight excluding hydrogens is 242 g/mol. The topological polar surface area (TPSA) is 20.3 Å². The zero-order valence-electron chi connectivity index (χ0n) is 9.83. The van der Waals surface area contributed by atoms with Crippen molar-refractivity contribution < 1.29 is 4.79 Å². The summed E-state index contributed by atoms with van der Waals surface area (Å²) >= 11 is 7.18. The fourth-order valence-corrected chi connectivity index (χ4v) is 2.62. The molecular formula is C12H18ClNOS. The fourth-order valence-electron chi connectivity index (χ4n) is 1.65. The summed E-state index contributed by atoms with van der Waals surface area (Å²) in [6, 6.07) is 3.59. The number of ketones is 1.